The third-order valence-electron chi connectivity index (χ3n) is 5.74. The number of carbonyl (C=O) groups excluding carboxylic acids is 3. The van der Waals surface area contributed by atoms with Crippen LogP contribution in [0.4, 0.5) is 19.5 Å². The van der Waals surface area contributed by atoms with Crippen molar-refractivity contribution in [1.29, 1.82) is 5.26 Å². The predicted octanol–water partition coefficient (Wildman–Crippen LogP) is 2.72. The molecule has 0 unspecified atom stereocenters. The second kappa shape index (κ2) is 17.2. The number of rotatable bonds is 16. The van der Waals surface area contributed by atoms with Crippen LogP contribution in [-0.4, -0.2) is 64.3 Å². The van der Waals surface area contributed by atoms with Crippen LogP contribution < -0.4 is 22.1 Å². The number of imidazole rings is 1. The van der Waals surface area contributed by atoms with Crippen LogP contribution in [0.25, 0.3) is 11.0 Å². The fourth-order valence-electron chi connectivity index (χ4n) is 3.57. The molecule has 17 heteroatoms. The normalized spacial score (nSPS) is 11.4. The minimum absolute atomic E-state index is 0.0540. The Hall–Kier alpha value is -3.79. The molecular formula is C25H33F2IN8O6. The standard InChI is InChI=1S/C25H33F2IN8O6/c1-2-3-4-8-18(37)35(24-34-20-16(26)12-15(13-29)19(27)21(20)36(24)28)14-42-25(39)41-11-6-10-40-22(38)17(30)7-5-9-33-23(31)32/h12,17H,2-11,14,30H2,1H3,(H4,31,32,33)/t17-/m0/s1. The third-order valence-corrected chi connectivity index (χ3v) is 6.66. The molecule has 1 aromatic carbocycles. The van der Waals surface area contributed by atoms with E-state index in [9.17, 15) is 23.2 Å². The zero-order valence-electron chi connectivity index (χ0n) is 23.0. The van der Waals surface area contributed by atoms with E-state index in [1.165, 1.54) is 0 Å². The molecule has 0 radical (unpaired) electrons. The van der Waals surface area contributed by atoms with E-state index in [0.717, 1.165) is 20.5 Å². The number of nitriles is 1. The molecule has 0 saturated carbocycles. The van der Waals surface area contributed by atoms with Crippen molar-refractivity contribution in [2.75, 3.05) is 31.4 Å². The van der Waals surface area contributed by atoms with Crippen LogP contribution in [0.3, 0.4) is 0 Å². The van der Waals surface area contributed by atoms with Gasteiger partial charge in [-0.15, -0.1) is 0 Å². The number of carbonyl (C=O) groups is 3. The maximum absolute atomic E-state index is 14.8. The molecule has 230 valence electrons. The Labute approximate surface area is 254 Å². The fraction of sp³-hybridized carbons (Fsp3) is 0.520. The van der Waals surface area contributed by atoms with Crippen LogP contribution >= 0.6 is 22.9 Å². The Morgan fingerprint density at radius 1 is 1.17 bits per heavy atom. The van der Waals surface area contributed by atoms with E-state index < -0.39 is 53.5 Å². The minimum Gasteiger partial charge on any atom is -0.464 e. The minimum atomic E-state index is -1.13. The van der Waals surface area contributed by atoms with Crippen LogP contribution in [-0.2, 0) is 23.8 Å². The number of guanidine groups is 1. The molecule has 1 heterocycles. The van der Waals surface area contributed by atoms with Gasteiger partial charge in [-0.2, -0.15) is 5.26 Å². The van der Waals surface area contributed by atoms with Gasteiger partial charge in [-0.1, -0.05) is 19.8 Å². The highest BCUT2D eigenvalue weighted by Crippen LogP contribution is 2.31. The molecule has 14 nitrogen and oxygen atoms in total. The SMILES string of the molecule is CCCCCC(=O)N(COC(=O)OCCCOC(=O)[C@@H](N)CCCN=C(N)N)c1nc2c(F)cc(C#N)c(F)c2n1I. The van der Waals surface area contributed by atoms with Gasteiger partial charge in [-0.05, 0) is 25.3 Å². The average molecular weight is 706 g/mol. The third kappa shape index (κ3) is 9.94. The highest BCUT2D eigenvalue weighted by atomic mass is 127. The summed E-state index contributed by atoms with van der Waals surface area (Å²) >= 11 is 1.62. The molecule has 0 aliphatic rings. The molecule has 0 fully saturated rings. The zero-order chi connectivity index (χ0) is 31.2. The number of fused-ring (bicyclic) bond motifs is 1. The molecule has 1 amide bonds. The molecule has 0 spiro atoms. The Morgan fingerprint density at radius 3 is 2.55 bits per heavy atom. The second-order valence-corrected chi connectivity index (χ2v) is 9.91. The molecule has 42 heavy (non-hydrogen) atoms. The van der Waals surface area contributed by atoms with Crippen molar-refractivity contribution >= 4 is 63.8 Å². The van der Waals surface area contributed by atoms with Crippen LogP contribution in [0.1, 0.15) is 57.4 Å². The molecule has 0 aliphatic carbocycles. The van der Waals surface area contributed by atoms with E-state index in [4.69, 9.17) is 36.7 Å². The number of aliphatic imine (C=N–C) groups is 1. The molecule has 0 bridgehead atoms. The summed E-state index contributed by atoms with van der Waals surface area (Å²) in [5.74, 6) is -3.35. The number of halogens is 3. The van der Waals surface area contributed by atoms with Gasteiger partial charge in [-0.25, -0.2) is 26.2 Å². The van der Waals surface area contributed by atoms with E-state index in [0.29, 0.717) is 31.9 Å². The van der Waals surface area contributed by atoms with Gasteiger partial charge in [0.1, 0.15) is 23.1 Å². The van der Waals surface area contributed by atoms with Gasteiger partial charge in [-0.3, -0.25) is 14.6 Å². The average Bonchev–Trinajstić information content (AvgIpc) is 3.30. The van der Waals surface area contributed by atoms with E-state index in [1.54, 1.807) is 28.9 Å². The summed E-state index contributed by atoms with van der Waals surface area (Å²) in [4.78, 5) is 45.9. The Morgan fingerprint density at radius 2 is 1.88 bits per heavy atom. The monoisotopic (exact) mass is 706 g/mol. The summed E-state index contributed by atoms with van der Waals surface area (Å²) in [5, 5.41) is 9.11. The number of aromatic nitrogens is 2. The summed E-state index contributed by atoms with van der Waals surface area (Å²) in [6, 6.07) is 1.43. The molecule has 1 aromatic heterocycles. The Bertz CT molecular complexity index is 1330. The van der Waals surface area contributed by atoms with E-state index in [1.807, 2.05) is 6.92 Å². The van der Waals surface area contributed by atoms with Crippen LogP contribution in [0, 0.1) is 23.0 Å². The maximum atomic E-state index is 14.8. The first kappa shape index (κ1) is 34.4. The van der Waals surface area contributed by atoms with E-state index in [-0.39, 0.29) is 43.5 Å². The first-order valence-corrected chi connectivity index (χ1v) is 14.0. The van der Waals surface area contributed by atoms with E-state index in [2.05, 4.69) is 9.98 Å². The van der Waals surface area contributed by atoms with Crippen molar-refractivity contribution in [3.63, 3.8) is 0 Å². The topological polar surface area (TPSA) is 214 Å². The molecule has 1 atom stereocenters. The van der Waals surface area contributed by atoms with Gasteiger partial charge in [0.15, 0.2) is 24.3 Å². The van der Waals surface area contributed by atoms with E-state index >= 15 is 0 Å². The number of hydrogen-bond acceptors (Lipinski definition) is 10. The van der Waals surface area contributed by atoms with Crippen molar-refractivity contribution in [2.45, 2.75) is 57.9 Å². The quantitative estimate of drug-likeness (QED) is 0.0576. The number of benzene rings is 1. The number of hydrogen-bond donors (Lipinski definition) is 3. The lowest BCUT2D eigenvalue weighted by atomic mass is 10.2. The summed E-state index contributed by atoms with van der Waals surface area (Å²) in [5.41, 5.74) is 14.9. The summed E-state index contributed by atoms with van der Waals surface area (Å²) in [7, 11) is 0. The van der Waals surface area contributed by atoms with Gasteiger partial charge in [0.25, 0.3) is 0 Å². The Balaban J connectivity index is 1.96. The number of nitrogens with zero attached hydrogens (tertiary/aromatic N) is 5. The number of nitrogens with two attached hydrogens (primary N) is 3. The number of esters is 1. The fourth-order valence-corrected chi connectivity index (χ4v) is 4.38. The molecule has 6 N–H and O–H groups in total. The Kier molecular flexibility index (Phi) is 14.1. The lowest BCUT2D eigenvalue weighted by Gasteiger charge is -2.20. The highest BCUT2D eigenvalue weighted by molar-refractivity contribution is 14.1. The van der Waals surface area contributed by atoms with Crippen LogP contribution in [0.2, 0.25) is 0 Å². The van der Waals surface area contributed by atoms with Crippen molar-refractivity contribution in [3.05, 3.63) is 23.3 Å². The van der Waals surface area contributed by atoms with Crippen molar-refractivity contribution in [3.8, 4) is 6.07 Å². The summed E-state index contributed by atoms with van der Waals surface area (Å²) in [6.45, 7) is 1.38. The zero-order valence-corrected chi connectivity index (χ0v) is 25.1. The molecule has 0 aliphatic heterocycles. The lowest BCUT2D eigenvalue weighted by Crippen LogP contribution is -2.35. The molecule has 2 aromatic rings. The smallest absolute Gasteiger partial charge is 0.464 e. The first-order chi connectivity index (χ1) is 20.0. The van der Waals surface area contributed by atoms with Gasteiger partial charge >= 0.3 is 12.1 Å². The predicted molar refractivity (Wildman–Crippen MR) is 156 cm³/mol. The van der Waals surface area contributed by atoms with Gasteiger partial charge < -0.3 is 31.4 Å². The number of ether oxygens (including phenoxy) is 3. The van der Waals surface area contributed by atoms with Crippen molar-refractivity contribution in [2.24, 2.45) is 22.2 Å². The molecule has 0 saturated heterocycles. The van der Waals surface area contributed by atoms with Crippen LogP contribution in [0.15, 0.2) is 11.1 Å². The van der Waals surface area contributed by atoms with Crippen LogP contribution in [0.5, 0.6) is 0 Å². The summed E-state index contributed by atoms with van der Waals surface area (Å²) in [6.07, 6.45) is 1.99. The summed E-state index contributed by atoms with van der Waals surface area (Å²) < 4.78 is 45.6. The van der Waals surface area contributed by atoms with Gasteiger partial charge in [0.2, 0.25) is 11.9 Å². The number of amides is 1. The molecular weight excluding hydrogens is 673 g/mol. The lowest BCUT2D eigenvalue weighted by molar-refractivity contribution is -0.145. The largest absolute Gasteiger partial charge is 0.510 e. The van der Waals surface area contributed by atoms with Gasteiger partial charge in [0, 0.05) is 19.4 Å². The van der Waals surface area contributed by atoms with Crippen molar-refractivity contribution < 1.29 is 37.4 Å². The molecule has 2 rings (SSSR count). The highest BCUT2D eigenvalue weighted by Gasteiger charge is 2.27. The van der Waals surface area contributed by atoms with Gasteiger partial charge in [0.05, 0.1) is 41.6 Å². The number of unbranched alkanes of at least 4 members (excludes halogenated alkanes) is 2. The van der Waals surface area contributed by atoms with Crippen molar-refractivity contribution in [1.82, 2.24) is 7.76 Å². The first-order valence-electron chi connectivity index (χ1n) is 13.1. The number of anilines is 1. The maximum Gasteiger partial charge on any atom is 0.510 e. The second-order valence-electron chi connectivity index (χ2n) is 8.95.